The molecule has 0 fully saturated rings. The monoisotopic (exact) mass is 242 g/mol. The third-order valence-electron chi connectivity index (χ3n) is 2.81. The minimum Gasteiger partial charge on any atom is -0.508 e. The van der Waals surface area contributed by atoms with E-state index >= 15 is 0 Å². The molecule has 0 bridgehead atoms. The molecule has 0 aliphatic rings. The molecule has 2 heteroatoms. The van der Waals surface area contributed by atoms with Gasteiger partial charge in [0.05, 0.1) is 0 Å². The molecule has 0 heterocycles. The number of ether oxygens (including phenoxy) is 1. The van der Waals surface area contributed by atoms with Crippen molar-refractivity contribution >= 4 is 0 Å². The van der Waals surface area contributed by atoms with Crippen LogP contribution in [-0.4, -0.2) is 5.11 Å². The highest BCUT2D eigenvalue weighted by molar-refractivity contribution is 5.39. The summed E-state index contributed by atoms with van der Waals surface area (Å²) < 4.78 is 5.79. The Balaban J connectivity index is 2.26. The van der Waals surface area contributed by atoms with Gasteiger partial charge in [0.2, 0.25) is 0 Å². The highest BCUT2D eigenvalue weighted by atomic mass is 16.5. The first-order chi connectivity index (χ1) is 8.54. The van der Waals surface area contributed by atoms with E-state index in [0.29, 0.717) is 5.92 Å². The molecular formula is C16H18O2. The van der Waals surface area contributed by atoms with E-state index in [1.807, 2.05) is 6.07 Å². The maximum absolute atomic E-state index is 9.23. The molecule has 18 heavy (non-hydrogen) atoms. The first kappa shape index (κ1) is 12.5. The molecule has 94 valence electrons. The van der Waals surface area contributed by atoms with Gasteiger partial charge in [0.15, 0.2) is 0 Å². The Hall–Kier alpha value is -1.96. The van der Waals surface area contributed by atoms with E-state index < -0.39 is 0 Å². The minimum absolute atomic E-state index is 0.245. The molecule has 0 saturated heterocycles. The van der Waals surface area contributed by atoms with Gasteiger partial charge in [-0.15, -0.1) is 0 Å². The van der Waals surface area contributed by atoms with Gasteiger partial charge in [0, 0.05) is 0 Å². The second-order valence-corrected chi connectivity index (χ2v) is 4.83. The molecule has 0 amide bonds. The standard InChI is InChI=1S/C16H18O2/c1-11(2)13-8-12(3)9-16(10-13)18-15-6-4-14(17)5-7-15/h4-11,17H,1-3H3. The van der Waals surface area contributed by atoms with Gasteiger partial charge in [-0.2, -0.15) is 0 Å². The van der Waals surface area contributed by atoms with E-state index in [-0.39, 0.29) is 5.75 Å². The van der Waals surface area contributed by atoms with Crippen LogP contribution in [-0.2, 0) is 0 Å². The third-order valence-corrected chi connectivity index (χ3v) is 2.81. The topological polar surface area (TPSA) is 29.5 Å². The zero-order valence-electron chi connectivity index (χ0n) is 11.0. The Morgan fingerprint density at radius 3 is 2.22 bits per heavy atom. The van der Waals surface area contributed by atoms with Crippen molar-refractivity contribution in [3.63, 3.8) is 0 Å². The maximum atomic E-state index is 9.23. The van der Waals surface area contributed by atoms with Gasteiger partial charge < -0.3 is 9.84 Å². The Kier molecular flexibility index (Phi) is 3.56. The van der Waals surface area contributed by atoms with Crippen LogP contribution in [0.3, 0.4) is 0 Å². The van der Waals surface area contributed by atoms with Crippen LogP contribution in [0.15, 0.2) is 42.5 Å². The van der Waals surface area contributed by atoms with Crippen molar-refractivity contribution in [1.29, 1.82) is 0 Å². The first-order valence-electron chi connectivity index (χ1n) is 6.13. The molecule has 0 aliphatic heterocycles. The molecule has 0 aromatic heterocycles. The molecule has 0 atom stereocenters. The lowest BCUT2D eigenvalue weighted by Crippen LogP contribution is -1.91. The number of benzene rings is 2. The van der Waals surface area contributed by atoms with Crippen LogP contribution in [0.25, 0.3) is 0 Å². The molecule has 0 aliphatic carbocycles. The molecular weight excluding hydrogens is 224 g/mol. The lowest BCUT2D eigenvalue weighted by molar-refractivity contribution is 0.464. The summed E-state index contributed by atoms with van der Waals surface area (Å²) >= 11 is 0. The number of aromatic hydroxyl groups is 1. The zero-order chi connectivity index (χ0) is 13.1. The summed E-state index contributed by atoms with van der Waals surface area (Å²) in [6.45, 7) is 6.40. The van der Waals surface area contributed by atoms with E-state index in [2.05, 4.69) is 32.9 Å². The second-order valence-electron chi connectivity index (χ2n) is 4.83. The van der Waals surface area contributed by atoms with Crippen LogP contribution in [0.2, 0.25) is 0 Å². The van der Waals surface area contributed by atoms with E-state index in [4.69, 9.17) is 4.74 Å². The average molecular weight is 242 g/mol. The summed E-state index contributed by atoms with van der Waals surface area (Å²) in [5.74, 6) is 2.29. The van der Waals surface area contributed by atoms with Crippen LogP contribution >= 0.6 is 0 Å². The molecule has 2 nitrogen and oxygen atoms in total. The summed E-state index contributed by atoms with van der Waals surface area (Å²) in [6.07, 6.45) is 0. The summed E-state index contributed by atoms with van der Waals surface area (Å²) in [5, 5.41) is 9.23. The fourth-order valence-electron chi connectivity index (χ4n) is 1.82. The number of hydrogen-bond donors (Lipinski definition) is 1. The van der Waals surface area contributed by atoms with E-state index in [1.54, 1.807) is 24.3 Å². The molecule has 2 aromatic carbocycles. The lowest BCUT2D eigenvalue weighted by atomic mass is 10.0. The summed E-state index contributed by atoms with van der Waals surface area (Å²) in [6, 6.07) is 13.0. The van der Waals surface area contributed by atoms with Crippen LogP contribution in [0.4, 0.5) is 0 Å². The number of phenolic OH excluding ortho intramolecular Hbond substituents is 1. The summed E-state index contributed by atoms with van der Waals surface area (Å²) in [7, 11) is 0. The Morgan fingerprint density at radius 2 is 1.61 bits per heavy atom. The molecule has 2 aromatic rings. The van der Waals surface area contributed by atoms with Gasteiger partial charge in [-0.3, -0.25) is 0 Å². The highest BCUT2D eigenvalue weighted by Gasteiger charge is 2.04. The van der Waals surface area contributed by atoms with Crippen LogP contribution < -0.4 is 4.74 Å². The quantitative estimate of drug-likeness (QED) is 0.851. The van der Waals surface area contributed by atoms with Crippen molar-refractivity contribution in [3.05, 3.63) is 53.6 Å². The predicted octanol–water partition coefficient (Wildman–Crippen LogP) is 4.62. The summed E-state index contributed by atoms with van der Waals surface area (Å²) in [5.41, 5.74) is 2.46. The number of rotatable bonds is 3. The maximum Gasteiger partial charge on any atom is 0.127 e. The van der Waals surface area contributed by atoms with E-state index in [9.17, 15) is 5.11 Å². The fourth-order valence-corrected chi connectivity index (χ4v) is 1.82. The number of aryl methyl sites for hydroxylation is 1. The normalized spacial score (nSPS) is 10.7. The van der Waals surface area contributed by atoms with Crippen molar-refractivity contribution in [2.24, 2.45) is 0 Å². The Labute approximate surface area is 108 Å². The van der Waals surface area contributed by atoms with Gasteiger partial charge in [-0.25, -0.2) is 0 Å². The molecule has 1 N–H and O–H groups in total. The number of phenols is 1. The van der Waals surface area contributed by atoms with Gasteiger partial charge in [-0.1, -0.05) is 19.9 Å². The Morgan fingerprint density at radius 1 is 0.944 bits per heavy atom. The highest BCUT2D eigenvalue weighted by Crippen LogP contribution is 2.27. The minimum atomic E-state index is 0.245. The van der Waals surface area contributed by atoms with Gasteiger partial charge in [0.1, 0.15) is 17.2 Å². The number of hydrogen-bond acceptors (Lipinski definition) is 2. The van der Waals surface area contributed by atoms with Crippen LogP contribution in [0.5, 0.6) is 17.2 Å². The van der Waals surface area contributed by atoms with Crippen molar-refractivity contribution < 1.29 is 9.84 Å². The average Bonchev–Trinajstić information content (AvgIpc) is 2.31. The smallest absolute Gasteiger partial charge is 0.127 e. The van der Waals surface area contributed by atoms with Crippen LogP contribution in [0.1, 0.15) is 30.9 Å². The lowest BCUT2D eigenvalue weighted by Gasteiger charge is -2.11. The first-order valence-corrected chi connectivity index (χ1v) is 6.13. The molecule has 0 spiro atoms. The SMILES string of the molecule is Cc1cc(Oc2ccc(O)cc2)cc(C(C)C)c1. The Bertz CT molecular complexity index is 527. The van der Waals surface area contributed by atoms with Crippen molar-refractivity contribution in [2.45, 2.75) is 26.7 Å². The molecule has 0 unspecified atom stereocenters. The van der Waals surface area contributed by atoms with Crippen molar-refractivity contribution in [1.82, 2.24) is 0 Å². The van der Waals surface area contributed by atoms with Gasteiger partial charge in [-0.05, 0) is 60.4 Å². The molecule has 0 saturated carbocycles. The van der Waals surface area contributed by atoms with Crippen molar-refractivity contribution in [3.8, 4) is 17.2 Å². The molecule has 2 rings (SSSR count). The van der Waals surface area contributed by atoms with E-state index in [1.165, 1.54) is 11.1 Å². The zero-order valence-corrected chi connectivity index (χ0v) is 11.0. The summed E-state index contributed by atoms with van der Waals surface area (Å²) in [4.78, 5) is 0. The third kappa shape index (κ3) is 3.04. The van der Waals surface area contributed by atoms with Crippen molar-refractivity contribution in [2.75, 3.05) is 0 Å². The fraction of sp³-hybridized carbons (Fsp3) is 0.250. The van der Waals surface area contributed by atoms with Gasteiger partial charge in [0.25, 0.3) is 0 Å². The van der Waals surface area contributed by atoms with Gasteiger partial charge >= 0.3 is 0 Å². The molecule has 0 radical (unpaired) electrons. The van der Waals surface area contributed by atoms with Crippen LogP contribution in [0, 0.1) is 6.92 Å². The second kappa shape index (κ2) is 5.13. The van der Waals surface area contributed by atoms with E-state index in [0.717, 1.165) is 11.5 Å². The predicted molar refractivity (Wildman–Crippen MR) is 73.4 cm³/mol. The largest absolute Gasteiger partial charge is 0.508 e.